The predicted molar refractivity (Wildman–Crippen MR) is 117 cm³/mol. The molecule has 1 aliphatic heterocycles. The standard InChI is InChI=1S/C23H18FN5O4/c24-16-3-6-19-15(9-16)10-18(21(30)25-19)20-12-29(27-26-20)17-4-1-13(2-5-17)22(31)28-8-7-14(11-28)23(32)33/h1-6,9-10,12,14H,7-8,11H2,(H,25,30)(H,32,33)/t14-/m0/s1. The molecule has 0 aliphatic carbocycles. The molecule has 1 fully saturated rings. The Morgan fingerprint density at radius 1 is 1.12 bits per heavy atom. The van der Waals surface area contributed by atoms with E-state index in [9.17, 15) is 18.8 Å². The molecule has 0 saturated carbocycles. The molecule has 5 rings (SSSR count). The van der Waals surface area contributed by atoms with Crippen LogP contribution in [0.3, 0.4) is 0 Å². The van der Waals surface area contributed by atoms with Gasteiger partial charge in [0.05, 0.1) is 23.4 Å². The summed E-state index contributed by atoms with van der Waals surface area (Å²) in [4.78, 5) is 40.5. The first kappa shape index (κ1) is 20.6. The number of hydrogen-bond acceptors (Lipinski definition) is 5. The van der Waals surface area contributed by atoms with Gasteiger partial charge in [-0.25, -0.2) is 9.07 Å². The Bertz CT molecular complexity index is 1440. The Kier molecular flexibility index (Phi) is 4.97. The predicted octanol–water partition coefficient (Wildman–Crippen LogP) is 2.46. The van der Waals surface area contributed by atoms with E-state index in [1.165, 1.54) is 27.8 Å². The van der Waals surface area contributed by atoms with Crippen LogP contribution in [0.25, 0.3) is 27.8 Å². The van der Waals surface area contributed by atoms with Crippen LogP contribution >= 0.6 is 0 Å². The van der Waals surface area contributed by atoms with E-state index in [2.05, 4.69) is 15.3 Å². The summed E-state index contributed by atoms with van der Waals surface area (Å²) in [5.41, 5.74) is 1.79. The van der Waals surface area contributed by atoms with E-state index in [0.717, 1.165) is 0 Å². The van der Waals surface area contributed by atoms with Crippen molar-refractivity contribution in [3.63, 3.8) is 0 Å². The first-order valence-corrected chi connectivity index (χ1v) is 10.3. The lowest BCUT2D eigenvalue weighted by Crippen LogP contribution is -2.29. The van der Waals surface area contributed by atoms with E-state index in [-0.39, 0.29) is 23.6 Å². The smallest absolute Gasteiger partial charge is 0.308 e. The van der Waals surface area contributed by atoms with Crippen LogP contribution in [0.4, 0.5) is 4.39 Å². The van der Waals surface area contributed by atoms with Gasteiger partial charge in [-0.1, -0.05) is 5.21 Å². The number of aliphatic carboxylic acids is 1. The average Bonchev–Trinajstić information content (AvgIpc) is 3.49. The average molecular weight is 447 g/mol. The highest BCUT2D eigenvalue weighted by atomic mass is 19.1. The summed E-state index contributed by atoms with van der Waals surface area (Å²) in [6.07, 6.45) is 2.02. The maximum atomic E-state index is 13.6. The summed E-state index contributed by atoms with van der Waals surface area (Å²) >= 11 is 0. The van der Waals surface area contributed by atoms with Crippen molar-refractivity contribution in [3.8, 4) is 16.9 Å². The Labute approximate surface area is 186 Å². The molecule has 2 aromatic carbocycles. The number of carboxylic acids is 1. The molecule has 0 unspecified atom stereocenters. The maximum Gasteiger partial charge on any atom is 0.308 e. The van der Waals surface area contributed by atoms with Crippen LogP contribution in [0, 0.1) is 11.7 Å². The molecule has 1 atom stereocenters. The summed E-state index contributed by atoms with van der Waals surface area (Å²) < 4.78 is 15.0. The van der Waals surface area contributed by atoms with Crippen molar-refractivity contribution in [2.24, 2.45) is 5.92 Å². The third-order valence-corrected chi connectivity index (χ3v) is 5.78. The number of H-pyrrole nitrogens is 1. The number of carbonyl (C=O) groups excluding carboxylic acids is 1. The zero-order valence-corrected chi connectivity index (χ0v) is 17.2. The number of pyridine rings is 1. The fourth-order valence-electron chi connectivity index (χ4n) is 3.97. The lowest BCUT2D eigenvalue weighted by atomic mass is 10.1. The molecule has 1 saturated heterocycles. The number of aromatic amines is 1. The number of amides is 1. The molecule has 3 heterocycles. The summed E-state index contributed by atoms with van der Waals surface area (Å²) in [5.74, 6) is -2.06. The van der Waals surface area contributed by atoms with Crippen molar-refractivity contribution in [1.82, 2.24) is 24.9 Å². The number of benzene rings is 2. The lowest BCUT2D eigenvalue weighted by Gasteiger charge is -2.16. The highest BCUT2D eigenvalue weighted by Crippen LogP contribution is 2.21. The number of carboxylic acid groups (broad SMARTS) is 1. The van der Waals surface area contributed by atoms with Gasteiger partial charge >= 0.3 is 5.97 Å². The second-order valence-electron chi connectivity index (χ2n) is 7.91. The molecule has 2 aromatic heterocycles. The van der Waals surface area contributed by atoms with Gasteiger partial charge < -0.3 is 15.0 Å². The van der Waals surface area contributed by atoms with E-state index >= 15 is 0 Å². The van der Waals surface area contributed by atoms with Gasteiger partial charge in [0.1, 0.15) is 11.5 Å². The molecule has 9 nitrogen and oxygen atoms in total. The molecule has 0 bridgehead atoms. The number of rotatable bonds is 4. The fraction of sp³-hybridized carbons (Fsp3) is 0.174. The van der Waals surface area contributed by atoms with Crippen molar-refractivity contribution in [1.29, 1.82) is 0 Å². The van der Waals surface area contributed by atoms with E-state index in [4.69, 9.17) is 5.11 Å². The molecule has 10 heteroatoms. The second kappa shape index (κ2) is 7.97. The van der Waals surface area contributed by atoms with Gasteiger partial charge in [-0.3, -0.25) is 14.4 Å². The Morgan fingerprint density at radius 2 is 1.91 bits per heavy atom. The number of fused-ring (bicyclic) bond motifs is 1. The fourth-order valence-corrected chi connectivity index (χ4v) is 3.97. The third kappa shape index (κ3) is 3.86. The number of hydrogen-bond donors (Lipinski definition) is 2. The normalized spacial score (nSPS) is 15.8. The van der Waals surface area contributed by atoms with Crippen molar-refractivity contribution in [2.75, 3.05) is 13.1 Å². The van der Waals surface area contributed by atoms with Gasteiger partial charge in [-0.2, -0.15) is 0 Å². The number of likely N-dealkylation sites (tertiary alicyclic amines) is 1. The Balaban J connectivity index is 1.38. The molecular formula is C23H18FN5O4. The maximum absolute atomic E-state index is 13.6. The summed E-state index contributed by atoms with van der Waals surface area (Å²) in [5, 5.41) is 17.8. The molecule has 166 valence electrons. The second-order valence-corrected chi connectivity index (χ2v) is 7.91. The minimum absolute atomic E-state index is 0.201. The van der Waals surface area contributed by atoms with E-state index in [0.29, 0.717) is 40.8 Å². The van der Waals surface area contributed by atoms with Crippen molar-refractivity contribution in [3.05, 3.63) is 76.5 Å². The monoisotopic (exact) mass is 447 g/mol. The van der Waals surface area contributed by atoms with Gasteiger partial charge in [0, 0.05) is 29.6 Å². The SMILES string of the molecule is O=C(O)[C@H]1CCN(C(=O)c2ccc(-n3cc(-c4cc5cc(F)ccc5[nH]c4=O)nn3)cc2)C1. The first-order chi connectivity index (χ1) is 15.9. The molecular weight excluding hydrogens is 429 g/mol. The van der Waals surface area contributed by atoms with E-state index in [1.54, 1.807) is 36.5 Å². The van der Waals surface area contributed by atoms with Gasteiger partial charge in [-0.05, 0) is 55.0 Å². The molecule has 4 aromatic rings. The highest BCUT2D eigenvalue weighted by molar-refractivity contribution is 5.95. The summed E-state index contributed by atoms with van der Waals surface area (Å²) in [6, 6.07) is 12.3. The van der Waals surface area contributed by atoms with Crippen LogP contribution in [0.2, 0.25) is 0 Å². The summed E-state index contributed by atoms with van der Waals surface area (Å²) in [6.45, 7) is 0.612. The molecule has 1 aliphatic rings. The van der Waals surface area contributed by atoms with E-state index in [1.807, 2.05) is 0 Å². The van der Waals surface area contributed by atoms with E-state index < -0.39 is 17.7 Å². The Hall–Kier alpha value is -4.34. The number of nitrogens with one attached hydrogen (secondary N) is 1. The van der Waals surface area contributed by atoms with Crippen molar-refractivity contribution >= 4 is 22.8 Å². The number of nitrogens with zero attached hydrogens (tertiary/aromatic N) is 4. The quantitative estimate of drug-likeness (QED) is 0.496. The minimum Gasteiger partial charge on any atom is -0.481 e. The van der Waals surface area contributed by atoms with Gasteiger partial charge in [-0.15, -0.1) is 5.10 Å². The molecule has 0 radical (unpaired) electrons. The minimum atomic E-state index is -0.891. The van der Waals surface area contributed by atoms with Crippen molar-refractivity contribution in [2.45, 2.75) is 6.42 Å². The lowest BCUT2D eigenvalue weighted by molar-refractivity contribution is -0.141. The molecule has 1 amide bonds. The van der Waals surface area contributed by atoms with Crippen LogP contribution < -0.4 is 5.56 Å². The van der Waals surface area contributed by atoms with Gasteiger partial charge in [0.15, 0.2) is 0 Å². The molecule has 0 spiro atoms. The van der Waals surface area contributed by atoms with Gasteiger partial charge in [0.2, 0.25) is 0 Å². The molecule has 2 N–H and O–H groups in total. The zero-order valence-electron chi connectivity index (χ0n) is 17.2. The van der Waals surface area contributed by atoms with Crippen LogP contribution in [0.1, 0.15) is 16.8 Å². The molecule has 33 heavy (non-hydrogen) atoms. The van der Waals surface area contributed by atoms with Crippen LogP contribution in [-0.4, -0.2) is 55.0 Å². The number of aromatic nitrogens is 4. The third-order valence-electron chi connectivity index (χ3n) is 5.78. The number of halogens is 1. The summed E-state index contributed by atoms with van der Waals surface area (Å²) in [7, 11) is 0. The van der Waals surface area contributed by atoms with Crippen LogP contribution in [0.15, 0.2) is 59.5 Å². The van der Waals surface area contributed by atoms with Crippen LogP contribution in [-0.2, 0) is 4.79 Å². The zero-order chi connectivity index (χ0) is 23.1. The van der Waals surface area contributed by atoms with Gasteiger partial charge in [0.25, 0.3) is 11.5 Å². The number of carbonyl (C=O) groups is 2. The highest BCUT2D eigenvalue weighted by Gasteiger charge is 2.31. The topological polar surface area (TPSA) is 121 Å². The van der Waals surface area contributed by atoms with Crippen molar-refractivity contribution < 1.29 is 19.1 Å². The first-order valence-electron chi connectivity index (χ1n) is 10.3. The largest absolute Gasteiger partial charge is 0.481 e. The Morgan fingerprint density at radius 3 is 2.64 bits per heavy atom. The van der Waals surface area contributed by atoms with Crippen LogP contribution in [0.5, 0.6) is 0 Å².